The van der Waals surface area contributed by atoms with Crippen LogP contribution in [0.25, 0.3) is 0 Å². The largest absolute Gasteiger partial charge is 0.480 e. The first-order valence-electron chi connectivity index (χ1n) is 7.27. The summed E-state index contributed by atoms with van der Waals surface area (Å²) in [6.45, 7) is 6.76. The molecular formula is C14H26N2O2. The van der Waals surface area contributed by atoms with Crippen LogP contribution in [-0.2, 0) is 4.79 Å². The van der Waals surface area contributed by atoms with Crippen LogP contribution in [0.2, 0.25) is 0 Å². The fraction of sp³-hybridized carbons (Fsp3) is 0.929. The topological polar surface area (TPSA) is 52.6 Å². The second kappa shape index (κ2) is 5.57. The van der Waals surface area contributed by atoms with E-state index >= 15 is 0 Å². The number of carbonyl (C=O) groups is 1. The molecule has 1 aliphatic carbocycles. The summed E-state index contributed by atoms with van der Waals surface area (Å²) in [6.07, 6.45) is 5.71. The average molecular weight is 254 g/mol. The number of rotatable bonds is 7. The molecule has 18 heavy (non-hydrogen) atoms. The molecule has 1 saturated carbocycles. The maximum Gasteiger partial charge on any atom is 0.323 e. The SMILES string of the molecule is CCCNC(C)(CCN1CC2CCC1C2)C(=O)O. The Bertz CT molecular complexity index is 308. The number of nitrogens with zero attached hydrogens (tertiary/aromatic N) is 1. The van der Waals surface area contributed by atoms with Gasteiger partial charge < -0.3 is 15.3 Å². The lowest BCUT2D eigenvalue weighted by Crippen LogP contribution is -2.52. The Hall–Kier alpha value is -0.610. The Morgan fingerprint density at radius 3 is 2.78 bits per heavy atom. The van der Waals surface area contributed by atoms with Crippen molar-refractivity contribution in [1.82, 2.24) is 10.2 Å². The van der Waals surface area contributed by atoms with Crippen molar-refractivity contribution in [3.8, 4) is 0 Å². The van der Waals surface area contributed by atoms with Gasteiger partial charge in [0.15, 0.2) is 0 Å². The molecule has 2 aliphatic rings. The van der Waals surface area contributed by atoms with Gasteiger partial charge in [-0.3, -0.25) is 4.79 Å². The Kier molecular flexibility index (Phi) is 4.28. The number of hydrogen-bond donors (Lipinski definition) is 2. The molecule has 104 valence electrons. The standard InChI is InChI=1S/C14H26N2O2/c1-3-7-15-14(2,13(17)18)6-8-16-10-11-4-5-12(16)9-11/h11-12,15H,3-10H2,1-2H3,(H,17,18). The second-order valence-electron chi connectivity index (χ2n) is 6.14. The molecule has 2 bridgehead atoms. The maximum absolute atomic E-state index is 11.4. The number of aliphatic carboxylic acids is 1. The zero-order valence-electron chi connectivity index (χ0n) is 11.6. The van der Waals surface area contributed by atoms with Gasteiger partial charge in [0.1, 0.15) is 5.54 Å². The molecule has 1 saturated heterocycles. The van der Waals surface area contributed by atoms with Crippen molar-refractivity contribution in [3.05, 3.63) is 0 Å². The molecule has 0 aromatic heterocycles. The monoisotopic (exact) mass is 254 g/mol. The van der Waals surface area contributed by atoms with E-state index in [9.17, 15) is 9.90 Å². The van der Waals surface area contributed by atoms with Crippen LogP contribution in [0.15, 0.2) is 0 Å². The van der Waals surface area contributed by atoms with E-state index in [2.05, 4.69) is 17.1 Å². The number of fused-ring (bicyclic) bond motifs is 2. The van der Waals surface area contributed by atoms with Gasteiger partial charge in [-0.25, -0.2) is 0 Å². The molecule has 3 atom stereocenters. The predicted octanol–water partition coefficient (Wildman–Crippen LogP) is 1.70. The van der Waals surface area contributed by atoms with E-state index in [4.69, 9.17) is 0 Å². The molecule has 0 amide bonds. The number of carboxylic acids is 1. The van der Waals surface area contributed by atoms with Crippen LogP contribution < -0.4 is 5.32 Å². The lowest BCUT2D eigenvalue weighted by Gasteiger charge is -2.32. The Morgan fingerprint density at radius 1 is 1.50 bits per heavy atom. The minimum atomic E-state index is -0.766. The van der Waals surface area contributed by atoms with Gasteiger partial charge in [-0.2, -0.15) is 0 Å². The summed E-state index contributed by atoms with van der Waals surface area (Å²) in [7, 11) is 0. The molecule has 2 rings (SSSR count). The van der Waals surface area contributed by atoms with E-state index in [0.29, 0.717) is 6.42 Å². The fourth-order valence-corrected chi connectivity index (χ4v) is 3.34. The van der Waals surface area contributed by atoms with Crippen LogP contribution in [0.5, 0.6) is 0 Å². The lowest BCUT2D eigenvalue weighted by molar-refractivity contribution is -0.144. The summed E-state index contributed by atoms with van der Waals surface area (Å²) < 4.78 is 0. The highest BCUT2D eigenvalue weighted by atomic mass is 16.4. The average Bonchev–Trinajstić information content (AvgIpc) is 2.95. The number of carboxylic acid groups (broad SMARTS) is 1. The summed E-state index contributed by atoms with van der Waals surface area (Å²) in [4.78, 5) is 13.9. The highest BCUT2D eigenvalue weighted by Crippen LogP contribution is 2.37. The predicted molar refractivity (Wildman–Crippen MR) is 71.7 cm³/mol. The highest BCUT2D eigenvalue weighted by Gasteiger charge is 2.39. The maximum atomic E-state index is 11.4. The van der Waals surface area contributed by atoms with Crippen LogP contribution in [0.3, 0.4) is 0 Å². The van der Waals surface area contributed by atoms with E-state index in [-0.39, 0.29) is 0 Å². The van der Waals surface area contributed by atoms with Crippen molar-refractivity contribution >= 4 is 5.97 Å². The van der Waals surface area contributed by atoms with E-state index in [0.717, 1.165) is 31.5 Å². The molecular weight excluding hydrogens is 228 g/mol. The van der Waals surface area contributed by atoms with Crippen molar-refractivity contribution in [1.29, 1.82) is 0 Å². The normalized spacial score (nSPS) is 30.6. The van der Waals surface area contributed by atoms with Gasteiger partial charge in [0.2, 0.25) is 0 Å². The molecule has 3 unspecified atom stereocenters. The van der Waals surface area contributed by atoms with Crippen LogP contribution in [0.4, 0.5) is 0 Å². The van der Waals surface area contributed by atoms with E-state index in [1.165, 1.54) is 25.8 Å². The van der Waals surface area contributed by atoms with Gasteiger partial charge in [0.25, 0.3) is 0 Å². The second-order valence-corrected chi connectivity index (χ2v) is 6.14. The molecule has 1 heterocycles. The third-order valence-corrected chi connectivity index (χ3v) is 4.66. The van der Waals surface area contributed by atoms with Gasteiger partial charge >= 0.3 is 5.97 Å². The summed E-state index contributed by atoms with van der Waals surface area (Å²) in [5, 5.41) is 12.6. The van der Waals surface area contributed by atoms with Crippen LogP contribution in [-0.4, -0.2) is 47.2 Å². The number of likely N-dealkylation sites (tertiary alicyclic amines) is 1. The molecule has 4 heteroatoms. The quantitative estimate of drug-likeness (QED) is 0.726. The summed E-state index contributed by atoms with van der Waals surface area (Å²) in [5.74, 6) is 0.162. The smallest absolute Gasteiger partial charge is 0.323 e. The van der Waals surface area contributed by atoms with Gasteiger partial charge in [-0.05, 0) is 51.5 Å². The molecule has 0 radical (unpaired) electrons. The molecule has 4 nitrogen and oxygen atoms in total. The minimum absolute atomic E-state index is 0.700. The third-order valence-electron chi connectivity index (χ3n) is 4.66. The Labute approximate surface area is 110 Å². The van der Waals surface area contributed by atoms with Crippen molar-refractivity contribution in [3.63, 3.8) is 0 Å². The molecule has 2 fully saturated rings. The van der Waals surface area contributed by atoms with Gasteiger partial charge in [0.05, 0.1) is 0 Å². The van der Waals surface area contributed by atoms with Gasteiger partial charge in [-0.15, -0.1) is 0 Å². The molecule has 2 N–H and O–H groups in total. The lowest BCUT2D eigenvalue weighted by atomic mass is 9.96. The number of hydrogen-bond acceptors (Lipinski definition) is 3. The zero-order valence-corrected chi connectivity index (χ0v) is 11.6. The van der Waals surface area contributed by atoms with E-state index in [1.807, 2.05) is 6.92 Å². The van der Waals surface area contributed by atoms with Gasteiger partial charge in [0, 0.05) is 19.1 Å². The highest BCUT2D eigenvalue weighted by molar-refractivity contribution is 5.78. The third kappa shape index (κ3) is 2.86. The first-order valence-corrected chi connectivity index (χ1v) is 7.27. The zero-order chi connectivity index (χ0) is 13.2. The first-order chi connectivity index (χ1) is 8.55. The Balaban J connectivity index is 1.84. The van der Waals surface area contributed by atoms with E-state index in [1.54, 1.807) is 0 Å². The number of nitrogens with one attached hydrogen (secondary N) is 1. The first kappa shape index (κ1) is 13.8. The molecule has 0 spiro atoms. The Morgan fingerprint density at radius 2 is 2.28 bits per heavy atom. The number of piperidine rings is 1. The molecule has 0 aromatic carbocycles. The van der Waals surface area contributed by atoms with Crippen molar-refractivity contribution < 1.29 is 9.90 Å². The van der Waals surface area contributed by atoms with Crippen LogP contribution >= 0.6 is 0 Å². The summed E-state index contributed by atoms with van der Waals surface area (Å²) in [6, 6.07) is 0.735. The van der Waals surface area contributed by atoms with E-state index < -0.39 is 11.5 Å². The van der Waals surface area contributed by atoms with Gasteiger partial charge in [-0.1, -0.05) is 6.92 Å². The van der Waals surface area contributed by atoms with Crippen LogP contribution in [0, 0.1) is 5.92 Å². The van der Waals surface area contributed by atoms with Crippen molar-refractivity contribution in [2.75, 3.05) is 19.6 Å². The molecule has 1 aliphatic heterocycles. The molecule has 0 aromatic rings. The van der Waals surface area contributed by atoms with Crippen LogP contribution in [0.1, 0.15) is 46.0 Å². The van der Waals surface area contributed by atoms with Crippen molar-refractivity contribution in [2.45, 2.75) is 57.5 Å². The summed E-state index contributed by atoms with van der Waals surface area (Å²) in [5.41, 5.74) is -0.766. The van der Waals surface area contributed by atoms with Crippen molar-refractivity contribution in [2.24, 2.45) is 5.92 Å². The summed E-state index contributed by atoms with van der Waals surface area (Å²) >= 11 is 0. The minimum Gasteiger partial charge on any atom is -0.480 e. The fourth-order valence-electron chi connectivity index (χ4n) is 3.34.